The molecule has 0 fully saturated rings. The number of benzene rings is 1. The van der Waals surface area contributed by atoms with Gasteiger partial charge in [0.05, 0.1) is 33.4 Å². The van der Waals surface area contributed by atoms with Crippen LogP contribution in [0.25, 0.3) is 31.8 Å². The number of anilines is 1. The first-order valence-corrected chi connectivity index (χ1v) is 9.64. The number of nitrogens with one attached hydrogen (secondary N) is 1. The van der Waals surface area contributed by atoms with Crippen molar-refractivity contribution in [1.29, 1.82) is 0 Å². The number of ether oxygens (including phenoxy) is 1. The van der Waals surface area contributed by atoms with Gasteiger partial charge in [0, 0.05) is 12.7 Å². The van der Waals surface area contributed by atoms with Crippen molar-refractivity contribution in [2.24, 2.45) is 0 Å². The number of imidazole rings is 1. The van der Waals surface area contributed by atoms with Gasteiger partial charge in [0.25, 0.3) is 0 Å². The summed E-state index contributed by atoms with van der Waals surface area (Å²) in [7, 11) is 1.67. The normalized spacial score (nSPS) is 11.5. The zero-order valence-electron chi connectivity index (χ0n) is 15.4. The van der Waals surface area contributed by atoms with Crippen molar-refractivity contribution in [1.82, 2.24) is 24.7 Å². The molecule has 0 unspecified atom stereocenters. The van der Waals surface area contributed by atoms with E-state index in [4.69, 9.17) is 15.5 Å². The lowest BCUT2D eigenvalue weighted by Crippen LogP contribution is -2.02. The van der Waals surface area contributed by atoms with E-state index in [1.807, 2.05) is 31.2 Å². The summed E-state index contributed by atoms with van der Waals surface area (Å²) in [5, 5.41) is 7.06. The van der Waals surface area contributed by atoms with E-state index in [0.717, 1.165) is 49.0 Å². The minimum atomic E-state index is 0.452. The van der Waals surface area contributed by atoms with Crippen molar-refractivity contribution >= 4 is 38.4 Å². The largest absolute Gasteiger partial charge is 0.497 e. The zero-order chi connectivity index (χ0) is 19.3. The van der Waals surface area contributed by atoms with Gasteiger partial charge in [0.2, 0.25) is 0 Å². The number of aromatic nitrogens is 5. The maximum Gasteiger partial charge on any atom is 0.152 e. The molecule has 140 valence electrons. The number of pyridine rings is 1. The predicted octanol–water partition coefficient (Wildman–Crippen LogP) is 3.98. The van der Waals surface area contributed by atoms with Crippen LogP contribution in [-0.2, 0) is 6.54 Å². The molecule has 3 N–H and O–H groups in total. The minimum absolute atomic E-state index is 0.452. The molecule has 0 radical (unpaired) electrons. The SMILES string of the molecule is COc1ccc(Cn2c(C)nc3c(N)nc4cc(-c5ccn[nH]5)sc4c32)cc1. The van der Waals surface area contributed by atoms with Crippen LogP contribution in [0.4, 0.5) is 5.82 Å². The van der Waals surface area contributed by atoms with Gasteiger partial charge in [0.1, 0.15) is 17.1 Å². The Balaban J connectivity index is 1.70. The van der Waals surface area contributed by atoms with Crippen LogP contribution in [0.1, 0.15) is 11.4 Å². The number of thiophene rings is 1. The molecule has 4 aromatic heterocycles. The highest BCUT2D eigenvalue weighted by Crippen LogP contribution is 2.38. The van der Waals surface area contributed by atoms with Crippen molar-refractivity contribution in [3.05, 3.63) is 54.0 Å². The molecule has 4 heterocycles. The van der Waals surface area contributed by atoms with Crippen LogP contribution in [0.2, 0.25) is 0 Å². The Morgan fingerprint density at radius 3 is 2.71 bits per heavy atom. The van der Waals surface area contributed by atoms with Gasteiger partial charge in [-0.1, -0.05) is 12.1 Å². The van der Waals surface area contributed by atoms with Crippen LogP contribution >= 0.6 is 11.3 Å². The van der Waals surface area contributed by atoms with Gasteiger partial charge >= 0.3 is 0 Å². The van der Waals surface area contributed by atoms with Crippen LogP contribution in [-0.4, -0.2) is 31.8 Å². The number of nitrogens with two attached hydrogens (primary N) is 1. The lowest BCUT2D eigenvalue weighted by atomic mass is 10.2. The molecule has 5 aromatic rings. The van der Waals surface area contributed by atoms with Gasteiger partial charge < -0.3 is 15.0 Å². The standard InChI is InChI=1S/C20H18N6OS/c1-11-23-17-18(26(11)10-12-3-5-13(27-2)6-4-12)19-15(24-20(17)21)9-16(28-19)14-7-8-22-25-14/h3-9H,10H2,1-2H3,(H2,21,24)(H,22,25). The van der Waals surface area contributed by atoms with E-state index in [-0.39, 0.29) is 0 Å². The number of H-pyrrole nitrogens is 1. The highest BCUT2D eigenvalue weighted by Gasteiger charge is 2.18. The van der Waals surface area contributed by atoms with Gasteiger partial charge in [-0.15, -0.1) is 11.3 Å². The first-order chi connectivity index (χ1) is 13.6. The summed E-state index contributed by atoms with van der Waals surface area (Å²) in [5.41, 5.74) is 11.0. The van der Waals surface area contributed by atoms with Crippen LogP contribution in [0, 0.1) is 6.92 Å². The van der Waals surface area contributed by atoms with E-state index in [1.165, 1.54) is 0 Å². The fraction of sp³-hybridized carbons (Fsp3) is 0.150. The van der Waals surface area contributed by atoms with E-state index in [1.54, 1.807) is 24.6 Å². The number of aromatic amines is 1. The highest BCUT2D eigenvalue weighted by atomic mass is 32.1. The van der Waals surface area contributed by atoms with Gasteiger partial charge in [-0.25, -0.2) is 9.97 Å². The molecule has 0 aliphatic heterocycles. The van der Waals surface area contributed by atoms with Gasteiger partial charge in [-0.05, 0) is 36.8 Å². The van der Waals surface area contributed by atoms with Crippen molar-refractivity contribution in [3.8, 4) is 16.3 Å². The Hall–Kier alpha value is -3.39. The minimum Gasteiger partial charge on any atom is -0.497 e. The summed E-state index contributed by atoms with van der Waals surface area (Å²) in [6, 6.07) is 12.1. The molecule has 0 aliphatic carbocycles. The molecule has 0 aliphatic rings. The first kappa shape index (κ1) is 16.8. The summed E-state index contributed by atoms with van der Waals surface area (Å²) >= 11 is 1.67. The molecule has 1 aromatic carbocycles. The molecule has 0 atom stereocenters. The van der Waals surface area contributed by atoms with Crippen molar-refractivity contribution in [2.75, 3.05) is 12.8 Å². The predicted molar refractivity (Wildman–Crippen MR) is 112 cm³/mol. The second-order valence-corrected chi connectivity index (χ2v) is 7.64. The van der Waals surface area contributed by atoms with Crippen LogP contribution in [0.3, 0.4) is 0 Å². The molecule has 0 saturated heterocycles. The summed E-state index contributed by atoms with van der Waals surface area (Å²) in [4.78, 5) is 10.4. The monoisotopic (exact) mass is 390 g/mol. The molecule has 5 rings (SSSR count). The number of nitrogen functional groups attached to an aromatic ring is 1. The van der Waals surface area contributed by atoms with Crippen molar-refractivity contribution < 1.29 is 4.74 Å². The average molecular weight is 390 g/mol. The van der Waals surface area contributed by atoms with Crippen molar-refractivity contribution in [2.45, 2.75) is 13.5 Å². The quantitative estimate of drug-likeness (QED) is 0.484. The van der Waals surface area contributed by atoms with E-state index < -0.39 is 0 Å². The number of hydrogen-bond donors (Lipinski definition) is 2. The first-order valence-electron chi connectivity index (χ1n) is 8.82. The summed E-state index contributed by atoms with van der Waals surface area (Å²) < 4.78 is 8.53. The zero-order valence-corrected chi connectivity index (χ0v) is 16.2. The van der Waals surface area contributed by atoms with E-state index >= 15 is 0 Å². The highest BCUT2D eigenvalue weighted by molar-refractivity contribution is 7.23. The van der Waals surface area contributed by atoms with Crippen LogP contribution in [0.15, 0.2) is 42.6 Å². The fourth-order valence-electron chi connectivity index (χ4n) is 3.42. The lowest BCUT2D eigenvalue weighted by Gasteiger charge is -2.09. The Labute approximate surface area is 164 Å². The second-order valence-electron chi connectivity index (χ2n) is 6.58. The van der Waals surface area contributed by atoms with E-state index in [9.17, 15) is 0 Å². The number of nitrogens with zero attached hydrogens (tertiary/aromatic N) is 4. The molecule has 8 heteroatoms. The third-order valence-electron chi connectivity index (χ3n) is 4.84. The Kier molecular flexibility index (Phi) is 3.80. The number of hydrogen-bond acceptors (Lipinski definition) is 6. The average Bonchev–Trinajstić information content (AvgIpc) is 3.42. The molecular formula is C20H18N6OS. The maximum atomic E-state index is 6.24. The topological polar surface area (TPSA) is 94.6 Å². The summed E-state index contributed by atoms with van der Waals surface area (Å²) in [5.74, 6) is 2.20. The Bertz CT molecular complexity index is 1280. The summed E-state index contributed by atoms with van der Waals surface area (Å²) in [6.07, 6.45) is 1.75. The third kappa shape index (κ3) is 2.61. The Morgan fingerprint density at radius 2 is 2.00 bits per heavy atom. The van der Waals surface area contributed by atoms with Crippen molar-refractivity contribution in [3.63, 3.8) is 0 Å². The van der Waals surface area contributed by atoms with Gasteiger partial charge in [0.15, 0.2) is 5.82 Å². The third-order valence-corrected chi connectivity index (χ3v) is 6.00. The second kappa shape index (κ2) is 6.35. The number of rotatable bonds is 4. The molecular weight excluding hydrogens is 372 g/mol. The number of aryl methyl sites for hydroxylation is 1. The lowest BCUT2D eigenvalue weighted by molar-refractivity contribution is 0.414. The molecule has 0 spiro atoms. The maximum absolute atomic E-state index is 6.24. The molecule has 0 bridgehead atoms. The van der Waals surface area contributed by atoms with E-state index in [0.29, 0.717) is 12.4 Å². The number of fused-ring (bicyclic) bond motifs is 3. The van der Waals surface area contributed by atoms with Gasteiger partial charge in [-0.3, -0.25) is 5.10 Å². The molecule has 0 saturated carbocycles. The molecule has 7 nitrogen and oxygen atoms in total. The fourth-order valence-corrected chi connectivity index (χ4v) is 4.55. The molecule has 0 amide bonds. The smallest absolute Gasteiger partial charge is 0.152 e. The van der Waals surface area contributed by atoms with Crippen LogP contribution < -0.4 is 10.5 Å². The Morgan fingerprint density at radius 1 is 1.18 bits per heavy atom. The van der Waals surface area contributed by atoms with E-state index in [2.05, 4.69) is 31.9 Å². The van der Waals surface area contributed by atoms with Crippen LogP contribution in [0.5, 0.6) is 5.75 Å². The summed E-state index contributed by atoms with van der Waals surface area (Å²) in [6.45, 7) is 2.69. The van der Waals surface area contributed by atoms with Gasteiger partial charge in [-0.2, -0.15) is 5.10 Å². The number of methoxy groups -OCH3 is 1. The molecule has 28 heavy (non-hydrogen) atoms.